The molecule has 1 unspecified atom stereocenters. The van der Waals surface area contributed by atoms with E-state index >= 15 is 0 Å². The number of esters is 1. The number of nitrogens with one attached hydrogen (secondary N) is 1. The molecule has 2 aromatic rings. The molecule has 0 aliphatic carbocycles. The largest absolute Gasteiger partial charge is 0.448 e. The van der Waals surface area contributed by atoms with Gasteiger partial charge >= 0.3 is 12.6 Å². The highest BCUT2D eigenvalue weighted by Crippen LogP contribution is 2.25. The van der Waals surface area contributed by atoms with Gasteiger partial charge in [-0.1, -0.05) is 24.3 Å². The third-order valence-corrected chi connectivity index (χ3v) is 4.07. The van der Waals surface area contributed by atoms with Crippen molar-refractivity contribution in [2.45, 2.75) is 19.6 Å². The predicted octanol–water partition coefficient (Wildman–Crippen LogP) is 3.83. The number of alkyl halides is 2. The van der Waals surface area contributed by atoms with E-state index in [1.165, 1.54) is 37.3 Å². The zero-order valence-electron chi connectivity index (χ0n) is 17.1. The summed E-state index contributed by atoms with van der Waals surface area (Å²) in [6.45, 7) is -1.77. The van der Waals surface area contributed by atoms with Gasteiger partial charge in [0.1, 0.15) is 17.4 Å². The zero-order chi connectivity index (χ0) is 23.0. The number of hydrogen-bond donors (Lipinski definition) is 1. The van der Waals surface area contributed by atoms with Gasteiger partial charge in [-0.05, 0) is 42.8 Å². The Hall–Kier alpha value is -3.93. The number of para-hydroxylation sites is 2. The minimum Gasteiger partial charge on any atom is -0.448 e. The molecule has 0 bridgehead atoms. The third kappa shape index (κ3) is 6.82. The smallest absolute Gasteiger partial charge is 0.387 e. The summed E-state index contributed by atoms with van der Waals surface area (Å²) in [6.07, 6.45) is 0.0537. The van der Waals surface area contributed by atoms with E-state index in [0.717, 1.165) is 5.69 Å². The van der Waals surface area contributed by atoms with Gasteiger partial charge in [-0.25, -0.2) is 4.79 Å². The highest BCUT2D eigenvalue weighted by Gasteiger charge is 2.22. The first-order chi connectivity index (χ1) is 14.7. The second kappa shape index (κ2) is 10.7. The molecule has 0 radical (unpaired) electrons. The Bertz CT molecular complexity index is 999. The van der Waals surface area contributed by atoms with E-state index < -0.39 is 24.6 Å². The van der Waals surface area contributed by atoms with Gasteiger partial charge in [-0.2, -0.15) is 14.0 Å². The molecule has 0 saturated heterocycles. The quantitative estimate of drug-likeness (QED) is 0.390. The average molecular weight is 429 g/mol. The van der Waals surface area contributed by atoms with E-state index in [4.69, 9.17) is 4.74 Å². The maximum absolute atomic E-state index is 12.5. The number of nitriles is 1. The Morgan fingerprint density at radius 3 is 2.35 bits per heavy atom. The van der Waals surface area contributed by atoms with E-state index in [0.29, 0.717) is 5.56 Å². The first-order valence-electron chi connectivity index (χ1n) is 9.16. The molecular weight excluding hydrogens is 408 g/mol. The summed E-state index contributed by atoms with van der Waals surface area (Å²) in [7, 11) is 3.76. The van der Waals surface area contributed by atoms with Crippen LogP contribution in [0.5, 0.6) is 5.75 Å². The Morgan fingerprint density at radius 1 is 1.13 bits per heavy atom. The van der Waals surface area contributed by atoms with Crippen LogP contribution >= 0.6 is 0 Å². The first kappa shape index (κ1) is 23.3. The second-order valence-corrected chi connectivity index (χ2v) is 6.57. The highest BCUT2D eigenvalue weighted by atomic mass is 19.3. The van der Waals surface area contributed by atoms with E-state index in [9.17, 15) is 23.6 Å². The Kier molecular flexibility index (Phi) is 8.09. The topological polar surface area (TPSA) is 91.7 Å². The van der Waals surface area contributed by atoms with Crippen LogP contribution in [0.25, 0.3) is 6.08 Å². The van der Waals surface area contributed by atoms with Crippen LogP contribution in [0.15, 0.2) is 54.1 Å². The molecule has 0 heterocycles. The molecule has 162 valence electrons. The van der Waals surface area contributed by atoms with Crippen molar-refractivity contribution in [2.75, 3.05) is 24.3 Å². The van der Waals surface area contributed by atoms with Crippen LogP contribution in [0, 0.1) is 11.3 Å². The van der Waals surface area contributed by atoms with Crippen LogP contribution < -0.4 is 15.0 Å². The van der Waals surface area contributed by atoms with Gasteiger partial charge in [0.15, 0.2) is 6.10 Å². The lowest BCUT2D eigenvalue weighted by Crippen LogP contribution is -2.30. The van der Waals surface area contributed by atoms with Crippen LogP contribution in [0.2, 0.25) is 0 Å². The lowest BCUT2D eigenvalue weighted by atomic mass is 10.1. The van der Waals surface area contributed by atoms with Crippen LogP contribution in [-0.2, 0) is 14.3 Å². The highest BCUT2D eigenvalue weighted by molar-refractivity contribution is 6.01. The average Bonchev–Trinajstić information content (AvgIpc) is 2.73. The molecule has 0 saturated carbocycles. The number of nitrogens with zero attached hydrogens (tertiary/aromatic N) is 2. The summed E-state index contributed by atoms with van der Waals surface area (Å²) in [5.74, 6) is -1.99. The summed E-state index contributed by atoms with van der Waals surface area (Å²) >= 11 is 0. The van der Waals surface area contributed by atoms with Gasteiger partial charge in [-0.15, -0.1) is 0 Å². The number of carbonyl (C=O) groups is 2. The van der Waals surface area contributed by atoms with Gasteiger partial charge in [0.2, 0.25) is 0 Å². The Labute approximate surface area is 178 Å². The first-order valence-corrected chi connectivity index (χ1v) is 9.16. The van der Waals surface area contributed by atoms with E-state index in [1.54, 1.807) is 18.2 Å². The minimum absolute atomic E-state index is 0.00673. The summed E-state index contributed by atoms with van der Waals surface area (Å²) in [6, 6.07) is 14.5. The molecule has 31 heavy (non-hydrogen) atoms. The van der Waals surface area contributed by atoms with Crippen molar-refractivity contribution in [2.24, 2.45) is 0 Å². The van der Waals surface area contributed by atoms with E-state index in [1.807, 2.05) is 31.1 Å². The number of carbonyl (C=O) groups excluding carboxylic acids is 2. The zero-order valence-corrected chi connectivity index (χ0v) is 17.1. The van der Waals surface area contributed by atoms with Gasteiger partial charge in [-0.3, -0.25) is 4.79 Å². The molecule has 9 heteroatoms. The maximum Gasteiger partial charge on any atom is 0.387 e. The predicted molar refractivity (Wildman–Crippen MR) is 112 cm³/mol. The van der Waals surface area contributed by atoms with Crippen molar-refractivity contribution in [1.29, 1.82) is 5.26 Å². The normalized spacial score (nSPS) is 12.0. The van der Waals surface area contributed by atoms with Gasteiger partial charge in [0.25, 0.3) is 5.91 Å². The van der Waals surface area contributed by atoms with Crippen molar-refractivity contribution in [3.63, 3.8) is 0 Å². The number of ether oxygens (including phenoxy) is 2. The van der Waals surface area contributed by atoms with Crippen LogP contribution in [0.1, 0.15) is 12.5 Å². The number of hydrogen-bond acceptors (Lipinski definition) is 6. The third-order valence-electron chi connectivity index (χ3n) is 4.07. The standard InChI is InChI=1S/C22H21F2N3O4/c1-14(20(28)26-18-6-4-5-7-19(18)31-22(23)24)30-21(29)16(13-25)12-15-8-10-17(11-9-15)27(2)3/h4-12,14,22H,1-3H3,(H,26,28). The van der Waals surface area contributed by atoms with Crippen molar-refractivity contribution in [3.05, 3.63) is 59.7 Å². The van der Waals surface area contributed by atoms with Gasteiger partial charge in [0, 0.05) is 19.8 Å². The monoisotopic (exact) mass is 429 g/mol. The fourth-order valence-corrected chi connectivity index (χ4v) is 2.45. The van der Waals surface area contributed by atoms with E-state index in [2.05, 4.69) is 10.1 Å². The Balaban J connectivity index is 2.06. The molecule has 2 rings (SSSR count). The lowest BCUT2D eigenvalue weighted by Gasteiger charge is -2.15. The summed E-state index contributed by atoms with van der Waals surface area (Å²) in [4.78, 5) is 26.5. The molecule has 0 aliphatic rings. The maximum atomic E-state index is 12.5. The van der Waals surface area contributed by atoms with Crippen LogP contribution in [0.3, 0.4) is 0 Å². The fourth-order valence-electron chi connectivity index (χ4n) is 2.45. The number of amides is 1. The summed E-state index contributed by atoms with van der Waals surface area (Å²) in [5, 5.41) is 11.7. The molecule has 1 N–H and O–H groups in total. The molecule has 0 aromatic heterocycles. The van der Waals surface area contributed by atoms with Gasteiger partial charge in [0.05, 0.1) is 5.69 Å². The lowest BCUT2D eigenvalue weighted by molar-refractivity contribution is -0.148. The molecule has 1 amide bonds. The molecular formula is C22H21F2N3O4. The van der Waals surface area contributed by atoms with Gasteiger partial charge < -0.3 is 19.7 Å². The molecule has 0 aliphatic heterocycles. The number of anilines is 2. The van der Waals surface area contributed by atoms with Crippen molar-refractivity contribution < 1.29 is 27.8 Å². The minimum atomic E-state index is -3.07. The molecule has 1 atom stereocenters. The van der Waals surface area contributed by atoms with Crippen molar-refractivity contribution in [3.8, 4) is 11.8 Å². The van der Waals surface area contributed by atoms with Crippen LogP contribution in [0.4, 0.5) is 20.2 Å². The van der Waals surface area contributed by atoms with E-state index in [-0.39, 0.29) is 17.0 Å². The SMILES string of the molecule is CC(OC(=O)C(C#N)=Cc1ccc(N(C)C)cc1)C(=O)Nc1ccccc1OC(F)F. The molecule has 7 nitrogen and oxygen atoms in total. The molecule has 2 aromatic carbocycles. The summed E-state index contributed by atoms with van der Waals surface area (Å²) < 4.78 is 34.4. The molecule has 0 spiro atoms. The number of benzene rings is 2. The number of rotatable bonds is 8. The fraction of sp³-hybridized carbons (Fsp3) is 0.227. The second-order valence-electron chi connectivity index (χ2n) is 6.57. The molecule has 0 fully saturated rings. The number of halogens is 2. The van der Waals surface area contributed by atoms with Crippen molar-refractivity contribution in [1.82, 2.24) is 0 Å². The Morgan fingerprint density at radius 2 is 1.77 bits per heavy atom. The summed E-state index contributed by atoms with van der Waals surface area (Å²) in [5.41, 5.74) is 1.25. The van der Waals surface area contributed by atoms with Crippen LogP contribution in [-0.4, -0.2) is 38.7 Å². The van der Waals surface area contributed by atoms with Crippen molar-refractivity contribution >= 4 is 29.3 Å².